The highest BCUT2D eigenvalue weighted by Gasteiger charge is 2.36. The Morgan fingerprint density at radius 1 is 1.32 bits per heavy atom. The van der Waals surface area contributed by atoms with Crippen LogP contribution in [0.3, 0.4) is 0 Å². The van der Waals surface area contributed by atoms with Crippen LogP contribution in [0.2, 0.25) is 0 Å². The highest BCUT2D eigenvalue weighted by Crippen LogP contribution is 2.39. The number of thiazole rings is 1. The largest absolute Gasteiger partial charge is 0.389 e. The van der Waals surface area contributed by atoms with Crippen LogP contribution in [-0.4, -0.2) is 22.2 Å². The first-order valence-corrected chi connectivity index (χ1v) is 8.17. The maximum absolute atomic E-state index is 10.6. The minimum absolute atomic E-state index is 0.400. The molecule has 1 aromatic rings. The molecule has 19 heavy (non-hydrogen) atoms. The Balaban J connectivity index is 1.76. The molecular formula is C15H26N2OS. The molecule has 2 rings (SSSR count). The zero-order valence-electron chi connectivity index (χ0n) is 12.3. The fourth-order valence-corrected chi connectivity index (χ4v) is 3.33. The Kier molecular flexibility index (Phi) is 4.64. The summed E-state index contributed by atoms with van der Waals surface area (Å²) in [4.78, 5) is 4.53. The average Bonchev–Trinajstić information content (AvgIpc) is 2.82. The first-order chi connectivity index (χ1) is 8.92. The Morgan fingerprint density at radius 3 is 2.58 bits per heavy atom. The quantitative estimate of drug-likeness (QED) is 0.872. The third-order valence-corrected chi connectivity index (χ3v) is 5.24. The molecule has 0 aromatic carbocycles. The van der Waals surface area contributed by atoms with E-state index in [1.54, 1.807) is 11.3 Å². The molecule has 1 aliphatic carbocycles. The van der Waals surface area contributed by atoms with Crippen LogP contribution in [-0.2, 0) is 13.0 Å². The van der Waals surface area contributed by atoms with Crippen molar-refractivity contribution < 1.29 is 5.11 Å². The summed E-state index contributed by atoms with van der Waals surface area (Å²) in [5, 5.41) is 17.2. The lowest BCUT2D eigenvalue weighted by Crippen LogP contribution is -2.44. The molecule has 0 atom stereocenters. The summed E-state index contributed by atoms with van der Waals surface area (Å²) in [5.74, 6) is 0. The van der Waals surface area contributed by atoms with Gasteiger partial charge < -0.3 is 10.4 Å². The SMILES string of the molecule is CCc1nc(CNCC2(O)CCC(C)(C)CC2)cs1. The molecule has 0 amide bonds. The summed E-state index contributed by atoms with van der Waals surface area (Å²) >= 11 is 1.72. The van der Waals surface area contributed by atoms with E-state index in [-0.39, 0.29) is 0 Å². The molecule has 0 unspecified atom stereocenters. The first kappa shape index (κ1) is 14.9. The van der Waals surface area contributed by atoms with Crippen LogP contribution >= 0.6 is 11.3 Å². The third-order valence-electron chi connectivity index (χ3n) is 4.20. The average molecular weight is 282 g/mol. The first-order valence-electron chi connectivity index (χ1n) is 7.29. The van der Waals surface area contributed by atoms with Gasteiger partial charge in [0.05, 0.1) is 16.3 Å². The molecule has 2 N–H and O–H groups in total. The molecular weight excluding hydrogens is 256 g/mol. The summed E-state index contributed by atoms with van der Waals surface area (Å²) < 4.78 is 0. The molecule has 1 fully saturated rings. The lowest BCUT2D eigenvalue weighted by atomic mass is 9.71. The van der Waals surface area contributed by atoms with Gasteiger partial charge >= 0.3 is 0 Å². The predicted molar refractivity (Wildman–Crippen MR) is 80.4 cm³/mol. The number of nitrogens with one attached hydrogen (secondary N) is 1. The van der Waals surface area contributed by atoms with Crippen LogP contribution < -0.4 is 5.32 Å². The van der Waals surface area contributed by atoms with E-state index in [4.69, 9.17) is 0 Å². The monoisotopic (exact) mass is 282 g/mol. The summed E-state index contributed by atoms with van der Waals surface area (Å²) in [6.45, 7) is 8.16. The van der Waals surface area contributed by atoms with Crippen molar-refractivity contribution in [3.63, 3.8) is 0 Å². The summed E-state index contributed by atoms with van der Waals surface area (Å²) in [6, 6.07) is 0. The molecule has 0 spiro atoms. The van der Waals surface area contributed by atoms with Crippen LogP contribution in [0, 0.1) is 5.41 Å². The highest BCUT2D eigenvalue weighted by atomic mass is 32.1. The van der Waals surface area contributed by atoms with Crippen LogP contribution in [0.5, 0.6) is 0 Å². The minimum atomic E-state index is -0.515. The topological polar surface area (TPSA) is 45.2 Å². The molecule has 3 nitrogen and oxygen atoms in total. The number of hydrogen-bond donors (Lipinski definition) is 2. The molecule has 1 heterocycles. The van der Waals surface area contributed by atoms with E-state index in [1.807, 2.05) is 0 Å². The van der Waals surface area contributed by atoms with E-state index in [2.05, 4.69) is 36.5 Å². The third kappa shape index (κ3) is 4.26. The van der Waals surface area contributed by atoms with Crippen LogP contribution in [0.4, 0.5) is 0 Å². The number of rotatable bonds is 5. The Labute approximate surface area is 120 Å². The van der Waals surface area contributed by atoms with E-state index in [1.165, 1.54) is 5.01 Å². The van der Waals surface area contributed by atoms with Crippen molar-refractivity contribution in [3.05, 3.63) is 16.1 Å². The van der Waals surface area contributed by atoms with Gasteiger partial charge in [0.15, 0.2) is 0 Å². The minimum Gasteiger partial charge on any atom is -0.389 e. The van der Waals surface area contributed by atoms with E-state index in [0.29, 0.717) is 12.0 Å². The summed E-state index contributed by atoms with van der Waals surface area (Å²) in [7, 11) is 0. The van der Waals surface area contributed by atoms with E-state index >= 15 is 0 Å². The van der Waals surface area contributed by atoms with E-state index in [9.17, 15) is 5.11 Å². The normalized spacial score (nSPS) is 21.5. The van der Waals surface area contributed by atoms with Gasteiger partial charge in [0, 0.05) is 18.5 Å². The number of aliphatic hydroxyl groups is 1. The van der Waals surface area contributed by atoms with E-state index < -0.39 is 5.60 Å². The molecule has 0 saturated heterocycles. The van der Waals surface area contributed by atoms with Crippen LogP contribution in [0.1, 0.15) is 57.2 Å². The molecule has 0 bridgehead atoms. The molecule has 1 aromatic heterocycles. The fraction of sp³-hybridized carbons (Fsp3) is 0.800. The van der Waals surface area contributed by atoms with Gasteiger partial charge in [-0.05, 0) is 37.5 Å². The van der Waals surface area contributed by atoms with E-state index in [0.717, 1.165) is 44.3 Å². The smallest absolute Gasteiger partial charge is 0.0926 e. The van der Waals surface area contributed by atoms with Gasteiger partial charge in [-0.25, -0.2) is 4.98 Å². The molecule has 1 aliphatic rings. The van der Waals surface area contributed by atoms with Crippen molar-refractivity contribution in [2.75, 3.05) is 6.54 Å². The summed E-state index contributed by atoms with van der Waals surface area (Å²) in [6.07, 6.45) is 5.04. The Bertz CT molecular complexity index is 404. The number of nitrogens with zero attached hydrogens (tertiary/aromatic N) is 1. The van der Waals surface area contributed by atoms with Crippen LogP contribution in [0.15, 0.2) is 5.38 Å². The second-order valence-electron chi connectivity index (χ2n) is 6.58. The van der Waals surface area contributed by atoms with Gasteiger partial charge in [-0.15, -0.1) is 11.3 Å². The van der Waals surface area contributed by atoms with Crippen molar-refractivity contribution in [2.45, 2.75) is 65.0 Å². The molecule has 0 aliphatic heterocycles. The summed E-state index contributed by atoms with van der Waals surface area (Å²) in [5.41, 5.74) is 0.984. The maximum atomic E-state index is 10.6. The lowest BCUT2D eigenvalue weighted by Gasteiger charge is -2.40. The second kappa shape index (κ2) is 5.90. The maximum Gasteiger partial charge on any atom is 0.0926 e. The van der Waals surface area contributed by atoms with Gasteiger partial charge in [0.1, 0.15) is 0 Å². The van der Waals surface area contributed by atoms with Gasteiger partial charge in [0.2, 0.25) is 0 Å². The van der Waals surface area contributed by atoms with Crippen molar-refractivity contribution >= 4 is 11.3 Å². The van der Waals surface area contributed by atoms with Crippen molar-refractivity contribution in [1.82, 2.24) is 10.3 Å². The standard InChI is InChI=1S/C15H26N2OS/c1-4-13-17-12(10-19-13)9-16-11-15(18)7-5-14(2,3)6-8-15/h10,16,18H,4-9,11H2,1-3H3. The highest BCUT2D eigenvalue weighted by molar-refractivity contribution is 7.09. The fourth-order valence-electron chi connectivity index (χ4n) is 2.58. The Hall–Kier alpha value is -0.450. The second-order valence-corrected chi connectivity index (χ2v) is 7.52. The van der Waals surface area contributed by atoms with Gasteiger partial charge in [-0.2, -0.15) is 0 Å². The molecule has 1 saturated carbocycles. The van der Waals surface area contributed by atoms with Crippen molar-refractivity contribution in [3.8, 4) is 0 Å². The van der Waals surface area contributed by atoms with Gasteiger partial charge in [0.25, 0.3) is 0 Å². The number of aryl methyl sites for hydroxylation is 1. The molecule has 4 heteroatoms. The van der Waals surface area contributed by atoms with Gasteiger partial charge in [-0.1, -0.05) is 20.8 Å². The predicted octanol–water partition coefficient (Wildman–Crippen LogP) is 3.13. The van der Waals surface area contributed by atoms with Crippen LogP contribution in [0.25, 0.3) is 0 Å². The Morgan fingerprint density at radius 2 is 2.00 bits per heavy atom. The van der Waals surface area contributed by atoms with Gasteiger partial charge in [-0.3, -0.25) is 0 Å². The zero-order chi connectivity index (χ0) is 13.9. The number of hydrogen-bond acceptors (Lipinski definition) is 4. The van der Waals surface area contributed by atoms with Crippen molar-refractivity contribution in [2.24, 2.45) is 5.41 Å². The zero-order valence-corrected chi connectivity index (χ0v) is 13.1. The number of aromatic nitrogens is 1. The molecule has 0 radical (unpaired) electrons. The van der Waals surface area contributed by atoms with Crippen molar-refractivity contribution in [1.29, 1.82) is 0 Å². The lowest BCUT2D eigenvalue weighted by molar-refractivity contribution is -0.0245. The molecule has 108 valence electrons.